The fraction of sp³-hybridized carbons (Fsp3) is 0.211. The van der Waals surface area contributed by atoms with E-state index in [0.717, 1.165) is 24.0 Å². The zero-order valence-electron chi connectivity index (χ0n) is 12.8. The number of hydrogen-bond acceptors (Lipinski definition) is 4. The highest BCUT2D eigenvalue weighted by Gasteiger charge is 2.02. The van der Waals surface area contributed by atoms with Crippen LogP contribution >= 0.6 is 0 Å². The van der Waals surface area contributed by atoms with E-state index in [1.807, 2.05) is 12.1 Å². The van der Waals surface area contributed by atoms with Gasteiger partial charge < -0.3 is 15.3 Å². The number of aromatic hydroxyl groups is 2. The molecule has 2 aromatic rings. The first-order chi connectivity index (χ1) is 11.1. The van der Waals surface area contributed by atoms with Gasteiger partial charge in [0.25, 0.3) is 0 Å². The molecular formula is C19H20O4. The third-order valence-corrected chi connectivity index (χ3v) is 3.56. The van der Waals surface area contributed by atoms with Crippen molar-refractivity contribution in [2.24, 2.45) is 0 Å². The highest BCUT2D eigenvalue weighted by molar-refractivity contribution is 5.93. The van der Waals surface area contributed by atoms with Gasteiger partial charge in [-0.05, 0) is 54.3 Å². The largest absolute Gasteiger partial charge is 0.508 e. The van der Waals surface area contributed by atoms with Crippen molar-refractivity contribution in [1.29, 1.82) is 0 Å². The van der Waals surface area contributed by atoms with Crippen LogP contribution in [0.25, 0.3) is 6.08 Å². The smallest absolute Gasteiger partial charge is 0.155 e. The highest BCUT2D eigenvalue weighted by atomic mass is 16.3. The van der Waals surface area contributed by atoms with E-state index in [9.17, 15) is 15.0 Å². The fourth-order valence-electron chi connectivity index (χ4n) is 2.24. The second-order valence-corrected chi connectivity index (χ2v) is 5.37. The van der Waals surface area contributed by atoms with Crippen molar-refractivity contribution in [1.82, 2.24) is 0 Å². The standard InChI is InChI=1S/C19H20O4/c20-13-16-12-15(7-11-19(16)23)6-10-17(21)3-1-2-14-4-8-18(22)9-5-14/h4-12,20,22-23H,1-3,13H2/b10-6-. The second-order valence-electron chi connectivity index (χ2n) is 5.37. The molecule has 23 heavy (non-hydrogen) atoms. The summed E-state index contributed by atoms with van der Waals surface area (Å²) in [5, 5.41) is 27.8. The van der Waals surface area contributed by atoms with Crippen LogP contribution in [-0.2, 0) is 17.8 Å². The number of carbonyl (C=O) groups excluding carboxylic acids is 1. The monoisotopic (exact) mass is 312 g/mol. The number of aliphatic hydroxyl groups is 1. The molecule has 2 aromatic carbocycles. The molecule has 0 aromatic heterocycles. The van der Waals surface area contributed by atoms with Crippen LogP contribution in [0.3, 0.4) is 0 Å². The summed E-state index contributed by atoms with van der Waals surface area (Å²) in [5.74, 6) is 0.316. The van der Waals surface area contributed by atoms with Crippen molar-refractivity contribution in [3.05, 3.63) is 65.2 Å². The summed E-state index contributed by atoms with van der Waals surface area (Å²) in [6.07, 6.45) is 5.17. The summed E-state index contributed by atoms with van der Waals surface area (Å²) in [5.41, 5.74) is 2.29. The predicted molar refractivity (Wildman–Crippen MR) is 89.1 cm³/mol. The van der Waals surface area contributed by atoms with Crippen LogP contribution in [-0.4, -0.2) is 21.1 Å². The predicted octanol–water partition coefficient (Wildman–Crippen LogP) is 3.20. The Balaban J connectivity index is 1.83. The summed E-state index contributed by atoms with van der Waals surface area (Å²) in [7, 11) is 0. The normalized spacial score (nSPS) is 11.0. The number of allylic oxidation sites excluding steroid dienone is 1. The zero-order valence-corrected chi connectivity index (χ0v) is 12.8. The van der Waals surface area contributed by atoms with Crippen LogP contribution in [0.2, 0.25) is 0 Å². The molecule has 0 bridgehead atoms. The third-order valence-electron chi connectivity index (χ3n) is 3.56. The SMILES string of the molecule is O=C(/C=C\c1ccc(O)c(CO)c1)CCCc1ccc(O)cc1. The first-order valence-electron chi connectivity index (χ1n) is 7.50. The third kappa shape index (κ3) is 5.27. The van der Waals surface area contributed by atoms with E-state index in [4.69, 9.17) is 5.11 Å². The van der Waals surface area contributed by atoms with Gasteiger partial charge in [-0.15, -0.1) is 0 Å². The molecule has 2 rings (SSSR count). The summed E-state index contributed by atoms with van der Waals surface area (Å²) >= 11 is 0. The maximum absolute atomic E-state index is 11.9. The average molecular weight is 312 g/mol. The lowest BCUT2D eigenvalue weighted by molar-refractivity contribution is -0.114. The Morgan fingerprint density at radius 2 is 1.78 bits per heavy atom. The topological polar surface area (TPSA) is 77.8 Å². The lowest BCUT2D eigenvalue weighted by atomic mass is 10.1. The molecule has 4 nitrogen and oxygen atoms in total. The van der Waals surface area contributed by atoms with Gasteiger partial charge in [-0.25, -0.2) is 0 Å². The minimum Gasteiger partial charge on any atom is -0.508 e. The number of phenolic OH excluding ortho intramolecular Hbond substituents is 1. The van der Waals surface area contributed by atoms with Crippen LogP contribution in [0, 0.1) is 0 Å². The van der Waals surface area contributed by atoms with E-state index in [-0.39, 0.29) is 23.9 Å². The van der Waals surface area contributed by atoms with Gasteiger partial charge in [0.1, 0.15) is 11.5 Å². The molecule has 0 aliphatic carbocycles. The van der Waals surface area contributed by atoms with Crippen LogP contribution < -0.4 is 0 Å². The van der Waals surface area contributed by atoms with Gasteiger partial charge in [0.2, 0.25) is 0 Å². The highest BCUT2D eigenvalue weighted by Crippen LogP contribution is 2.19. The number of phenols is 2. The van der Waals surface area contributed by atoms with Crippen molar-refractivity contribution < 1.29 is 20.1 Å². The molecule has 0 heterocycles. The Morgan fingerprint density at radius 1 is 1.04 bits per heavy atom. The first kappa shape index (κ1) is 16.8. The number of benzene rings is 2. The molecule has 0 spiro atoms. The maximum atomic E-state index is 11.9. The molecule has 0 atom stereocenters. The van der Waals surface area contributed by atoms with Gasteiger partial charge in [0.05, 0.1) is 6.61 Å². The van der Waals surface area contributed by atoms with Crippen LogP contribution in [0.5, 0.6) is 11.5 Å². The van der Waals surface area contributed by atoms with Crippen LogP contribution in [0.1, 0.15) is 29.5 Å². The molecule has 0 radical (unpaired) electrons. The summed E-state index contributed by atoms with van der Waals surface area (Å²) < 4.78 is 0. The molecule has 0 saturated carbocycles. The molecule has 0 unspecified atom stereocenters. The number of aliphatic hydroxyl groups excluding tert-OH is 1. The molecule has 0 saturated heterocycles. The zero-order chi connectivity index (χ0) is 16.7. The number of aryl methyl sites for hydroxylation is 1. The van der Waals surface area contributed by atoms with Crippen molar-refractivity contribution in [3.8, 4) is 11.5 Å². The molecule has 4 heteroatoms. The van der Waals surface area contributed by atoms with Gasteiger partial charge >= 0.3 is 0 Å². The van der Waals surface area contributed by atoms with E-state index in [2.05, 4.69) is 0 Å². The van der Waals surface area contributed by atoms with Crippen molar-refractivity contribution in [3.63, 3.8) is 0 Å². The van der Waals surface area contributed by atoms with Crippen molar-refractivity contribution in [2.75, 3.05) is 0 Å². The van der Waals surface area contributed by atoms with Gasteiger partial charge in [-0.2, -0.15) is 0 Å². The lowest BCUT2D eigenvalue weighted by Gasteiger charge is -2.02. The minimum atomic E-state index is -0.242. The minimum absolute atomic E-state index is 0.0300. The quantitative estimate of drug-likeness (QED) is 0.686. The maximum Gasteiger partial charge on any atom is 0.155 e. The number of carbonyl (C=O) groups is 1. The molecule has 3 N–H and O–H groups in total. The van der Waals surface area contributed by atoms with E-state index in [1.54, 1.807) is 30.3 Å². The lowest BCUT2D eigenvalue weighted by Crippen LogP contribution is -1.94. The van der Waals surface area contributed by atoms with E-state index < -0.39 is 0 Å². The van der Waals surface area contributed by atoms with E-state index >= 15 is 0 Å². The Bertz CT molecular complexity index is 687. The van der Waals surface area contributed by atoms with E-state index in [0.29, 0.717) is 12.0 Å². The molecule has 0 amide bonds. The van der Waals surface area contributed by atoms with Crippen molar-refractivity contribution >= 4 is 11.9 Å². The van der Waals surface area contributed by atoms with Gasteiger partial charge in [-0.1, -0.05) is 24.3 Å². The molecule has 120 valence electrons. The number of rotatable bonds is 7. The van der Waals surface area contributed by atoms with Crippen LogP contribution in [0.4, 0.5) is 0 Å². The molecule has 0 fully saturated rings. The second kappa shape index (κ2) is 8.15. The van der Waals surface area contributed by atoms with E-state index in [1.165, 1.54) is 12.1 Å². The fourth-order valence-corrected chi connectivity index (χ4v) is 2.24. The Kier molecular flexibility index (Phi) is 5.94. The Morgan fingerprint density at radius 3 is 2.48 bits per heavy atom. The van der Waals surface area contributed by atoms with Gasteiger partial charge in [0.15, 0.2) is 5.78 Å². The Hall–Kier alpha value is -2.59. The number of ketones is 1. The molecule has 0 aliphatic rings. The molecular weight excluding hydrogens is 292 g/mol. The summed E-state index contributed by atoms with van der Waals surface area (Å²) in [6.45, 7) is -0.242. The number of hydrogen-bond donors (Lipinski definition) is 3. The molecule has 0 aliphatic heterocycles. The Labute approximate surface area is 135 Å². The first-order valence-corrected chi connectivity index (χ1v) is 7.50. The summed E-state index contributed by atoms with van der Waals surface area (Å²) in [6, 6.07) is 11.8. The van der Waals surface area contributed by atoms with Crippen molar-refractivity contribution in [2.45, 2.75) is 25.9 Å². The summed E-state index contributed by atoms with van der Waals surface area (Å²) in [4.78, 5) is 11.9. The van der Waals surface area contributed by atoms with Gasteiger partial charge in [0, 0.05) is 12.0 Å². The van der Waals surface area contributed by atoms with Crippen LogP contribution in [0.15, 0.2) is 48.5 Å². The average Bonchev–Trinajstić information content (AvgIpc) is 2.56. The van der Waals surface area contributed by atoms with Gasteiger partial charge in [-0.3, -0.25) is 4.79 Å².